The Labute approximate surface area is 170 Å². The van der Waals surface area contributed by atoms with E-state index in [1.165, 1.54) is 22.3 Å². The van der Waals surface area contributed by atoms with E-state index in [4.69, 9.17) is 11.6 Å². The number of hydrogen-bond acceptors (Lipinski definition) is 4. The van der Waals surface area contributed by atoms with Gasteiger partial charge in [0.1, 0.15) is 11.2 Å². The molecule has 1 aliphatic carbocycles. The monoisotopic (exact) mass is 417 g/mol. The number of hydrogen-bond donors (Lipinski definition) is 1. The van der Waals surface area contributed by atoms with Crippen molar-refractivity contribution in [3.63, 3.8) is 0 Å². The van der Waals surface area contributed by atoms with Gasteiger partial charge in [0.25, 0.3) is 5.56 Å². The zero-order chi connectivity index (χ0) is 19.7. The van der Waals surface area contributed by atoms with Gasteiger partial charge in [0.2, 0.25) is 5.91 Å². The molecule has 3 aromatic rings. The number of fused-ring (bicyclic) bond motifs is 1. The molecular weight excluding hydrogens is 398 g/mol. The van der Waals surface area contributed by atoms with E-state index in [2.05, 4.69) is 5.32 Å². The number of nitrogens with zero attached hydrogens (tertiary/aromatic N) is 2. The van der Waals surface area contributed by atoms with Gasteiger partial charge in [-0.15, -0.1) is 11.3 Å². The number of thiophene rings is 1. The number of nitrogens with one attached hydrogen (secondary N) is 1. The summed E-state index contributed by atoms with van der Waals surface area (Å²) in [4.78, 5) is 38.7. The number of amides is 1. The van der Waals surface area contributed by atoms with Crippen molar-refractivity contribution in [2.24, 2.45) is 0 Å². The minimum atomic E-state index is -0.544. The van der Waals surface area contributed by atoms with Crippen molar-refractivity contribution in [3.05, 3.63) is 61.6 Å². The highest BCUT2D eigenvalue weighted by atomic mass is 35.5. The Kier molecular flexibility index (Phi) is 5.37. The van der Waals surface area contributed by atoms with Crippen LogP contribution in [0, 0.1) is 0 Å². The Morgan fingerprint density at radius 3 is 2.71 bits per heavy atom. The quantitative estimate of drug-likeness (QED) is 0.707. The zero-order valence-electron chi connectivity index (χ0n) is 15.2. The third-order valence-corrected chi connectivity index (χ3v) is 6.22. The maximum absolute atomic E-state index is 13.1. The van der Waals surface area contributed by atoms with Gasteiger partial charge in [-0.1, -0.05) is 36.9 Å². The number of rotatable bonds is 4. The zero-order valence-corrected chi connectivity index (χ0v) is 16.8. The topological polar surface area (TPSA) is 73.1 Å². The Balaban J connectivity index is 1.75. The van der Waals surface area contributed by atoms with Gasteiger partial charge in [-0.25, -0.2) is 9.36 Å². The molecule has 1 amide bonds. The van der Waals surface area contributed by atoms with Crippen LogP contribution < -0.4 is 16.6 Å². The summed E-state index contributed by atoms with van der Waals surface area (Å²) in [5.74, 6) is -0.210. The predicted molar refractivity (Wildman–Crippen MR) is 112 cm³/mol. The van der Waals surface area contributed by atoms with Gasteiger partial charge in [-0.3, -0.25) is 14.2 Å². The highest BCUT2D eigenvalue weighted by Gasteiger charge is 2.20. The maximum Gasteiger partial charge on any atom is 0.336 e. The van der Waals surface area contributed by atoms with Crippen LogP contribution >= 0.6 is 22.9 Å². The highest BCUT2D eigenvalue weighted by Crippen LogP contribution is 2.19. The number of benzene rings is 1. The summed E-state index contributed by atoms with van der Waals surface area (Å²) in [5.41, 5.74) is -0.0746. The fourth-order valence-electron chi connectivity index (χ4n) is 3.75. The lowest BCUT2D eigenvalue weighted by Gasteiger charge is -2.23. The molecule has 2 aromatic heterocycles. The SMILES string of the molecule is O=C(Cn1c(=O)n(-c2cccc(Cl)c2)c(=O)c2sccc21)NC1CCCCC1. The molecule has 0 unspecified atom stereocenters. The molecule has 1 aliphatic rings. The van der Waals surface area contributed by atoms with Crippen LogP contribution in [0.3, 0.4) is 0 Å². The number of carbonyl (C=O) groups is 1. The second-order valence-electron chi connectivity index (χ2n) is 7.03. The van der Waals surface area contributed by atoms with Gasteiger partial charge in [-0.05, 0) is 42.5 Å². The Morgan fingerprint density at radius 1 is 1.18 bits per heavy atom. The molecule has 4 rings (SSSR count). The van der Waals surface area contributed by atoms with E-state index in [1.54, 1.807) is 35.7 Å². The van der Waals surface area contributed by atoms with E-state index in [-0.39, 0.29) is 18.5 Å². The Morgan fingerprint density at radius 2 is 1.96 bits per heavy atom. The first-order valence-corrected chi connectivity index (χ1v) is 10.6. The average Bonchev–Trinajstić information content (AvgIpc) is 3.16. The largest absolute Gasteiger partial charge is 0.352 e. The van der Waals surface area contributed by atoms with E-state index in [0.717, 1.165) is 30.3 Å². The predicted octanol–water partition coefficient (Wildman–Crippen LogP) is 3.32. The first-order chi connectivity index (χ1) is 13.5. The minimum Gasteiger partial charge on any atom is -0.352 e. The molecule has 0 radical (unpaired) electrons. The highest BCUT2D eigenvalue weighted by molar-refractivity contribution is 7.17. The molecule has 6 nitrogen and oxygen atoms in total. The first kappa shape index (κ1) is 19.0. The molecule has 0 atom stereocenters. The third-order valence-electron chi connectivity index (χ3n) is 5.09. The van der Waals surface area contributed by atoms with Gasteiger partial charge in [-0.2, -0.15) is 0 Å². The summed E-state index contributed by atoms with van der Waals surface area (Å²) in [6.45, 7) is -0.122. The van der Waals surface area contributed by atoms with Crippen LogP contribution in [-0.2, 0) is 11.3 Å². The van der Waals surface area contributed by atoms with Gasteiger partial charge in [0.15, 0.2) is 0 Å². The van der Waals surface area contributed by atoms with E-state index in [0.29, 0.717) is 20.9 Å². The molecule has 0 aliphatic heterocycles. The third kappa shape index (κ3) is 3.64. The van der Waals surface area contributed by atoms with E-state index >= 15 is 0 Å². The molecule has 1 fully saturated rings. The molecule has 1 saturated carbocycles. The van der Waals surface area contributed by atoms with Crippen molar-refractivity contribution in [2.75, 3.05) is 0 Å². The minimum absolute atomic E-state index is 0.122. The summed E-state index contributed by atoms with van der Waals surface area (Å²) in [6.07, 6.45) is 5.36. The molecule has 2 heterocycles. The van der Waals surface area contributed by atoms with Crippen molar-refractivity contribution in [1.29, 1.82) is 0 Å². The van der Waals surface area contributed by atoms with Crippen molar-refractivity contribution < 1.29 is 4.79 Å². The summed E-state index contributed by atoms with van der Waals surface area (Å²) >= 11 is 7.30. The lowest BCUT2D eigenvalue weighted by atomic mass is 9.95. The maximum atomic E-state index is 13.1. The average molecular weight is 418 g/mol. The standard InChI is InChI=1S/C20H20ClN3O3S/c21-13-5-4-8-15(11-13)24-19(26)18-16(9-10-28-18)23(20(24)27)12-17(25)22-14-6-2-1-3-7-14/h4-5,8-11,14H,1-3,6-7,12H2,(H,22,25). The van der Waals surface area contributed by atoms with Crippen LogP contribution in [-0.4, -0.2) is 21.1 Å². The molecule has 1 N–H and O–H groups in total. The van der Waals surface area contributed by atoms with E-state index < -0.39 is 11.2 Å². The Bertz CT molecular complexity index is 1140. The lowest BCUT2D eigenvalue weighted by Crippen LogP contribution is -2.43. The molecule has 0 saturated heterocycles. The number of halogens is 1. The molecule has 1 aromatic carbocycles. The molecule has 28 heavy (non-hydrogen) atoms. The van der Waals surface area contributed by atoms with Crippen LogP contribution in [0.2, 0.25) is 5.02 Å². The van der Waals surface area contributed by atoms with Gasteiger partial charge in [0, 0.05) is 11.1 Å². The van der Waals surface area contributed by atoms with Gasteiger partial charge < -0.3 is 5.32 Å². The van der Waals surface area contributed by atoms with Crippen LogP contribution in [0.4, 0.5) is 0 Å². The van der Waals surface area contributed by atoms with E-state index in [9.17, 15) is 14.4 Å². The smallest absolute Gasteiger partial charge is 0.336 e. The number of aromatic nitrogens is 2. The second-order valence-corrected chi connectivity index (χ2v) is 8.38. The first-order valence-electron chi connectivity index (χ1n) is 9.33. The molecule has 0 spiro atoms. The second kappa shape index (κ2) is 7.93. The summed E-state index contributed by atoms with van der Waals surface area (Å²) in [6, 6.07) is 8.45. The van der Waals surface area contributed by atoms with Gasteiger partial charge in [0.05, 0.1) is 11.2 Å². The lowest BCUT2D eigenvalue weighted by molar-refractivity contribution is -0.122. The van der Waals surface area contributed by atoms with Crippen molar-refractivity contribution in [1.82, 2.24) is 14.5 Å². The molecule has 0 bridgehead atoms. The molecule has 146 valence electrons. The van der Waals surface area contributed by atoms with Crippen LogP contribution in [0.5, 0.6) is 0 Å². The van der Waals surface area contributed by atoms with Crippen molar-refractivity contribution in [3.8, 4) is 5.69 Å². The van der Waals surface area contributed by atoms with Crippen molar-refractivity contribution in [2.45, 2.75) is 44.7 Å². The molecular formula is C20H20ClN3O3S. The fourth-order valence-corrected chi connectivity index (χ4v) is 4.76. The normalized spacial score (nSPS) is 15.0. The van der Waals surface area contributed by atoms with Crippen LogP contribution in [0.25, 0.3) is 15.9 Å². The summed E-state index contributed by atoms with van der Waals surface area (Å²) < 4.78 is 2.88. The summed E-state index contributed by atoms with van der Waals surface area (Å²) in [7, 11) is 0. The fraction of sp³-hybridized carbons (Fsp3) is 0.350. The van der Waals surface area contributed by atoms with Gasteiger partial charge >= 0.3 is 5.69 Å². The molecule has 8 heteroatoms. The Hall–Kier alpha value is -2.38. The van der Waals surface area contributed by atoms with Crippen LogP contribution in [0.1, 0.15) is 32.1 Å². The van der Waals surface area contributed by atoms with Crippen molar-refractivity contribution >= 4 is 39.1 Å². The summed E-state index contributed by atoms with van der Waals surface area (Å²) in [5, 5.41) is 5.21. The van der Waals surface area contributed by atoms with Crippen LogP contribution in [0.15, 0.2) is 45.3 Å². The van der Waals surface area contributed by atoms with E-state index in [1.807, 2.05) is 0 Å². The number of carbonyl (C=O) groups excluding carboxylic acids is 1.